The summed E-state index contributed by atoms with van der Waals surface area (Å²) in [4.78, 5) is 44.2. The van der Waals surface area contributed by atoms with Gasteiger partial charge in [-0.05, 0) is 137 Å². The van der Waals surface area contributed by atoms with Crippen LogP contribution in [0, 0.1) is 35.3 Å². The number of carbonyl (C=O) groups excluding carboxylic acids is 2. The maximum Gasteiger partial charge on any atom is 0.281 e. The molecule has 16 nitrogen and oxygen atoms in total. The first-order valence-corrected chi connectivity index (χ1v) is 28.4. The van der Waals surface area contributed by atoms with Crippen LogP contribution in [0.4, 0.5) is 26.2 Å². The lowest BCUT2D eigenvalue weighted by atomic mass is 9.97. The van der Waals surface area contributed by atoms with Gasteiger partial charge in [0, 0.05) is 50.3 Å². The minimum Gasteiger partial charge on any atom is -0.493 e. The fourth-order valence-electron chi connectivity index (χ4n) is 9.66. The number of pyridine rings is 3. The van der Waals surface area contributed by atoms with Gasteiger partial charge in [-0.3, -0.25) is 9.59 Å². The summed E-state index contributed by atoms with van der Waals surface area (Å²) < 4.78 is 96.4. The first-order valence-electron chi connectivity index (χ1n) is 25.5. The summed E-state index contributed by atoms with van der Waals surface area (Å²) in [6.45, 7) is 22.6. The Hall–Kier alpha value is -7.19. The Balaban J connectivity index is 0.000000284. The highest BCUT2D eigenvalue weighted by molar-refractivity contribution is 7.90. The predicted molar refractivity (Wildman–Crippen MR) is 299 cm³/mol. The van der Waals surface area contributed by atoms with Crippen molar-refractivity contribution in [3.63, 3.8) is 0 Å². The molecular weight excluding hydrogens is 1030 g/mol. The van der Waals surface area contributed by atoms with Crippen molar-refractivity contribution in [1.82, 2.24) is 24.4 Å². The molecule has 8 rings (SSSR count). The largest absolute Gasteiger partial charge is 0.493 e. The van der Waals surface area contributed by atoms with Crippen molar-refractivity contribution in [3.8, 4) is 34.0 Å². The number of carbonyl (C=O) groups is 2. The number of halogens is 2. The second-order valence-corrected chi connectivity index (χ2v) is 25.3. The quantitative estimate of drug-likeness (QED) is 0.0822. The molecule has 0 aliphatic carbocycles. The lowest BCUT2D eigenvalue weighted by Gasteiger charge is -2.34. The van der Waals surface area contributed by atoms with Crippen molar-refractivity contribution >= 4 is 49.3 Å². The van der Waals surface area contributed by atoms with Crippen molar-refractivity contribution in [2.24, 2.45) is 23.7 Å². The normalized spacial score (nSPS) is 17.0. The molecule has 0 spiro atoms. The van der Waals surface area contributed by atoms with Gasteiger partial charge in [0.05, 0.1) is 40.6 Å². The average molecular weight is 1100 g/mol. The number of hydrogen-bond donors (Lipinski definition) is 3. The van der Waals surface area contributed by atoms with E-state index in [1.54, 1.807) is 48.5 Å². The average Bonchev–Trinajstić information content (AvgIpc) is 3.86. The van der Waals surface area contributed by atoms with Gasteiger partial charge in [-0.2, -0.15) is 8.42 Å². The van der Waals surface area contributed by atoms with Crippen LogP contribution in [0.15, 0.2) is 119 Å². The summed E-state index contributed by atoms with van der Waals surface area (Å²) in [5.41, 5.74) is 6.99. The molecule has 0 radical (unpaired) electrons. The zero-order valence-corrected chi connectivity index (χ0v) is 46.7. The van der Waals surface area contributed by atoms with Gasteiger partial charge < -0.3 is 25.0 Å². The van der Waals surface area contributed by atoms with E-state index in [0.717, 1.165) is 12.8 Å². The molecule has 2 amide bonds. The van der Waals surface area contributed by atoms with Crippen LogP contribution in [0.2, 0.25) is 0 Å². The number of sulfonamides is 2. The van der Waals surface area contributed by atoms with Gasteiger partial charge in [-0.1, -0.05) is 65.8 Å². The van der Waals surface area contributed by atoms with Crippen LogP contribution in [0.1, 0.15) is 106 Å². The first kappa shape index (κ1) is 57.5. The van der Waals surface area contributed by atoms with E-state index in [0.29, 0.717) is 83.8 Å². The highest BCUT2D eigenvalue weighted by Gasteiger charge is 2.41. The zero-order valence-electron chi connectivity index (χ0n) is 45.1. The third kappa shape index (κ3) is 14.3. The maximum atomic E-state index is 14.5. The molecule has 2 aliphatic rings. The Morgan fingerprint density at radius 3 is 1.48 bits per heavy atom. The fraction of sp³-hybridized carbons (Fsp3) is 0.386. The van der Waals surface area contributed by atoms with Crippen molar-refractivity contribution in [2.45, 2.75) is 103 Å². The standard InChI is InChI=1S/C29H34FN3O4S.C28H34FN5O4S.2H2/c1-19(2)18-37-23-14-21(13-22(30)15-23)26-12-11-25(27(31-26)33-17-20(3)16-29(33,4)5)28(34)32-38(35,36)24-9-7-6-8-10-24;1-17(2)16-38-21-12-19(11-20(29)13-21)23-10-9-22(26(31-23)34-15-18(3)14-28(34,4)5)27(35)33-39(36,37)25-8-6-7-24(30)32-25;;/h6-15,19-20H,16-18H2,1-5H3,(H,32,34);6-13,17-18H,14-16H2,1-5H3,(H2,30,32)(H,33,35);2*1H/t20-;18-;;/m00../s1. The summed E-state index contributed by atoms with van der Waals surface area (Å²) in [7, 11) is -8.39. The molecule has 2 saturated heterocycles. The van der Waals surface area contributed by atoms with Crippen molar-refractivity contribution in [1.29, 1.82) is 0 Å². The molecule has 77 heavy (non-hydrogen) atoms. The number of rotatable bonds is 16. The molecule has 20 heteroatoms. The number of amides is 2. The monoisotopic (exact) mass is 1100 g/mol. The van der Waals surface area contributed by atoms with E-state index in [1.165, 1.54) is 60.7 Å². The van der Waals surface area contributed by atoms with E-state index >= 15 is 0 Å². The molecule has 2 aliphatic heterocycles. The van der Waals surface area contributed by atoms with Crippen molar-refractivity contribution in [3.05, 3.63) is 132 Å². The highest BCUT2D eigenvalue weighted by Crippen LogP contribution is 2.41. The minimum atomic E-state index is -4.30. The topological polar surface area (TPSA) is 216 Å². The summed E-state index contributed by atoms with van der Waals surface area (Å²) in [6, 6.07) is 26.9. The molecule has 2 atom stereocenters. The van der Waals surface area contributed by atoms with Gasteiger partial charge >= 0.3 is 0 Å². The van der Waals surface area contributed by atoms with Gasteiger partial charge in [-0.25, -0.2) is 41.6 Å². The zero-order chi connectivity index (χ0) is 56.2. The number of hydrogen-bond acceptors (Lipinski definition) is 14. The third-order valence-electron chi connectivity index (χ3n) is 12.9. The van der Waals surface area contributed by atoms with E-state index in [9.17, 15) is 35.2 Å². The molecular formula is C57H72F2N8O8S2. The smallest absolute Gasteiger partial charge is 0.281 e. The number of nitrogens with two attached hydrogens (primary N) is 1. The maximum absolute atomic E-state index is 14.5. The van der Waals surface area contributed by atoms with E-state index < -0.39 is 43.5 Å². The summed E-state index contributed by atoms with van der Waals surface area (Å²) in [6.07, 6.45) is 1.72. The van der Waals surface area contributed by atoms with Gasteiger partial charge in [0.1, 0.15) is 40.6 Å². The number of nitrogens with zero attached hydrogens (tertiary/aromatic N) is 5. The minimum absolute atomic E-state index is 0. The lowest BCUT2D eigenvalue weighted by Crippen LogP contribution is -2.41. The molecule has 414 valence electrons. The molecule has 4 N–H and O–H groups in total. The van der Waals surface area contributed by atoms with Gasteiger partial charge in [0.25, 0.3) is 31.9 Å². The summed E-state index contributed by atoms with van der Waals surface area (Å²) >= 11 is 0. The fourth-order valence-corrected chi connectivity index (χ4v) is 11.6. The van der Waals surface area contributed by atoms with Crippen LogP contribution in [-0.4, -0.2) is 81.0 Å². The van der Waals surface area contributed by atoms with Crippen LogP contribution in [-0.2, 0) is 20.0 Å². The van der Waals surface area contributed by atoms with Crippen molar-refractivity contribution in [2.75, 3.05) is 41.8 Å². The van der Waals surface area contributed by atoms with Gasteiger partial charge in [0.2, 0.25) is 0 Å². The van der Waals surface area contributed by atoms with Crippen LogP contribution in [0.25, 0.3) is 22.5 Å². The molecule has 2 fully saturated rings. The van der Waals surface area contributed by atoms with Crippen LogP contribution >= 0.6 is 0 Å². The number of nitrogen functional groups attached to an aromatic ring is 1. The Kier molecular flexibility index (Phi) is 17.3. The van der Waals surface area contributed by atoms with Crippen LogP contribution < -0.4 is 34.5 Å². The predicted octanol–water partition coefficient (Wildman–Crippen LogP) is 10.8. The second kappa shape index (κ2) is 23.2. The number of ether oxygens (including phenoxy) is 2. The molecule has 0 unspecified atom stereocenters. The SMILES string of the molecule is CC(C)COc1cc(F)cc(-c2ccc(C(=O)NS(=O)(=O)c3cccc(N)n3)c(N3C[C@@H](C)CC3(C)C)n2)c1.CC(C)COc1cc(F)cc(-c2ccc(C(=O)NS(=O)(=O)c3ccccc3)c(N3C[C@@H](C)CC3(C)C)n2)c1.[HH].[HH]. The van der Waals surface area contributed by atoms with Gasteiger partial charge in [-0.15, -0.1) is 0 Å². The third-order valence-corrected chi connectivity index (χ3v) is 15.5. The molecule has 6 aromatic rings. The molecule has 0 saturated carbocycles. The Bertz CT molecular complexity index is 3370. The number of benzene rings is 3. The Morgan fingerprint density at radius 1 is 0.636 bits per heavy atom. The lowest BCUT2D eigenvalue weighted by molar-refractivity contribution is 0.0972. The molecule has 3 aromatic heterocycles. The summed E-state index contributed by atoms with van der Waals surface area (Å²) in [5, 5.41) is -0.370. The number of anilines is 3. The van der Waals surface area contributed by atoms with E-state index in [-0.39, 0.29) is 52.6 Å². The van der Waals surface area contributed by atoms with Crippen LogP contribution in [0.3, 0.4) is 0 Å². The van der Waals surface area contributed by atoms with Crippen LogP contribution in [0.5, 0.6) is 11.5 Å². The molecule has 5 heterocycles. The second-order valence-electron chi connectivity index (χ2n) is 21.9. The van der Waals surface area contributed by atoms with E-state index in [2.05, 4.69) is 42.1 Å². The molecule has 0 bridgehead atoms. The summed E-state index contributed by atoms with van der Waals surface area (Å²) in [5.74, 6) is 0.0459. The molecule has 3 aromatic carbocycles. The highest BCUT2D eigenvalue weighted by atomic mass is 32.2. The number of aromatic nitrogens is 3. The first-order chi connectivity index (χ1) is 36.1. The Labute approximate surface area is 453 Å². The Morgan fingerprint density at radius 2 is 1.08 bits per heavy atom. The van der Waals surface area contributed by atoms with E-state index in [1.807, 2.05) is 51.3 Å². The number of nitrogens with one attached hydrogen (secondary N) is 2. The van der Waals surface area contributed by atoms with E-state index in [4.69, 9.17) is 25.2 Å². The van der Waals surface area contributed by atoms with Gasteiger partial charge in [0.15, 0.2) is 5.03 Å². The van der Waals surface area contributed by atoms with Crippen molar-refractivity contribution < 1.29 is 47.5 Å².